The second-order valence-electron chi connectivity index (χ2n) is 7.46. The van der Waals surface area contributed by atoms with Crippen LogP contribution in [-0.4, -0.2) is 41.6 Å². The average Bonchev–Trinajstić information content (AvgIpc) is 3.23. The molecule has 1 aliphatic rings. The first-order valence-electron chi connectivity index (χ1n) is 10.6. The molecule has 0 bridgehead atoms. The van der Waals surface area contributed by atoms with E-state index >= 15 is 0 Å². The molecule has 33 heavy (non-hydrogen) atoms. The van der Waals surface area contributed by atoms with Gasteiger partial charge in [0.05, 0.1) is 29.5 Å². The van der Waals surface area contributed by atoms with Crippen LogP contribution < -0.4 is 20.5 Å². The Morgan fingerprint density at radius 3 is 2.79 bits per heavy atom. The van der Waals surface area contributed by atoms with Crippen molar-refractivity contribution in [2.24, 2.45) is 5.92 Å². The maximum absolute atomic E-state index is 12.6. The van der Waals surface area contributed by atoms with Gasteiger partial charge in [0.1, 0.15) is 5.75 Å². The van der Waals surface area contributed by atoms with E-state index in [1.807, 2.05) is 49.4 Å². The summed E-state index contributed by atoms with van der Waals surface area (Å²) >= 11 is 1.34. The van der Waals surface area contributed by atoms with Crippen LogP contribution in [0.15, 0.2) is 65.7 Å². The van der Waals surface area contributed by atoms with E-state index in [-0.39, 0.29) is 30.5 Å². The van der Waals surface area contributed by atoms with E-state index in [1.165, 1.54) is 11.8 Å². The molecule has 1 saturated heterocycles. The van der Waals surface area contributed by atoms with Gasteiger partial charge >= 0.3 is 0 Å². The van der Waals surface area contributed by atoms with Gasteiger partial charge in [-0.05, 0) is 31.2 Å². The Bertz CT molecular complexity index is 1180. The quantitative estimate of drug-likeness (QED) is 0.412. The van der Waals surface area contributed by atoms with Crippen molar-refractivity contribution in [3.63, 3.8) is 0 Å². The molecule has 0 saturated carbocycles. The minimum atomic E-state index is -0.567. The number of benzene rings is 2. The molecule has 1 atom stereocenters. The maximum Gasteiger partial charge on any atom is 0.248 e. The third-order valence-electron chi connectivity index (χ3n) is 5.23. The SMILES string of the molecule is CCOc1ccccc1N1C[C@@H](C(=O)NNC(=O)CSc2cccc3cccnc23)CC1=O. The maximum atomic E-state index is 12.6. The summed E-state index contributed by atoms with van der Waals surface area (Å²) in [4.78, 5) is 44.2. The summed E-state index contributed by atoms with van der Waals surface area (Å²) in [5, 5.41) is 0.998. The molecule has 1 fully saturated rings. The number of pyridine rings is 1. The van der Waals surface area contributed by atoms with Crippen LogP contribution in [0.4, 0.5) is 5.69 Å². The Labute approximate surface area is 195 Å². The summed E-state index contributed by atoms with van der Waals surface area (Å²) in [6.07, 6.45) is 1.78. The van der Waals surface area contributed by atoms with Gasteiger partial charge in [0.25, 0.3) is 0 Å². The van der Waals surface area contributed by atoms with Crippen molar-refractivity contribution in [3.05, 3.63) is 60.8 Å². The number of ether oxygens (including phenoxy) is 1. The van der Waals surface area contributed by atoms with Crippen LogP contribution in [0.25, 0.3) is 10.9 Å². The zero-order valence-electron chi connectivity index (χ0n) is 18.1. The topological polar surface area (TPSA) is 101 Å². The highest BCUT2D eigenvalue weighted by Gasteiger charge is 2.36. The first-order chi connectivity index (χ1) is 16.1. The van der Waals surface area contributed by atoms with E-state index < -0.39 is 11.8 Å². The molecule has 0 aliphatic carbocycles. The van der Waals surface area contributed by atoms with E-state index in [1.54, 1.807) is 23.2 Å². The van der Waals surface area contributed by atoms with Gasteiger partial charge in [-0.25, -0.2) is 0 Å². The number of nitrogens with one attached hydrogen (secondary N) is 2. The summed E-state index contributed by atoms with van der Waals surface area (Å²) < 4.78 is 5.60. The highest BCUT2D eigenvalue weighted by molar-refractivity contribution is 8.00. The van der Waals surface area contributed by atoms with Gasteiger partial charge in [0.2, 0.25) is 17.7 Å². The fourth-order valence-electron chi connectivity index (χ4n) is 3.68. The van der Waals surface area contributed by atoms with Crippen LogP contribution in [0, 0.1) is 5.92 Å². The lowest BCUT2D eigenvalue weighted by Gasteiger charge is -2.20. The minimum absolute atomic E-state index is 0.0680. The van der Waals surface area contributed by atoms with E-state index in [0.717, 1.165) is 15.8 Å². The number of rotatable bonds is 7. The zero-order valence-corrected chi connectivity index (χ0v) is 18.9. The number of para-hydroxylation sites is 3. The number of hydrogen-bond donors (Lipinski definition) is 2. The Morgan fingerprint density at radius 1 is 1.12 bits per heavy atom. The van der Waals surface area contributed by atoms with Crippen molar-refractivity contribution in [2.75, 3.05) is 23.8 Å². The van der Waals surface area contributed by atoms with Crippen molar-refractivity contribution >= 4 is 46.1 Å². The molecule has 9 heteroatoms. The number of amides is 3. The van der Waals surface area contributed by atoms with E-state index in [2.05, 4.69) is 15.8 Å². The second kappa shape index (κ2) is 10.4. The summed E-state index contributed by atoms with van der Waals surface area (Å²) in [7, 11) is 0. The predicted octanol–water partition coefficient (Wildman–Crippen LogP) is 2.93. The van der Waals surface area contributed by atoms with Gasteiger partial charge in [0.15, 0.2) is 0 Å². The lowest BCUT2D eigenvalue weighted by atomic mass is 10.1. The predicted molar refractivity (Wildman–Crippen MR) is 127 cm³/mol. The molecular formula is C24H24N4O4S. The molecule has 3 aromatic rings. The molecule has 2 heterocycles. The summed E-state index contributed by atoms with van der Waals surface area (Å²) in [6, 6.07) is 16.9. The fraction of sp³-hybridized carbons (Fsp3) is 0.250. The average molecular weight is 465 g/mol. The smallest absolute Gasteiger partial charge is 0.248 e. The van der Waals surface area contributed by atoms with Crippen molar-refractivity contribution in [1.82, 2.24) is 15.8 Å². The number of hydrazine groups is 1. The number of nitrogens with zero attached hydrogens (tertiary/aromatic N) is 2. The van der Waals surface area contributed by atoms with Crippen LogP contribution in [0.1, 0.15) is 13.3 Å². The number of fused-ring (bicyclic) bond motifs is 1. The normalized spacial score (nSPS) is 15.5. The Kier molecular flexibility index (Phi) is 7.09. The lowest BCUT2D eigenvalue weighted by Crippen LogP contribution is -2.45. The molecule has 1 aromatic heterocycles. The summed E-state index contributed by atoms with van der Waals surface area (Å²) in [6.45, 7) is 2.57. The van der Waals surface area contributed by atoms with Gasteiger partial charge in [-0.15, -0.1) is 11.8 Å². The van der Waals surface area contributed by atoms with Crippen LogP contribution in [0.5, 0.6) is 5.75 Å². The van der Waals surface area contributed by atoms with Gasteiger partial charge < -0.3 is 9.64 Å². The molecular weight excluding hydrogens is 440 g/mol. The number of carbonyl (C=O) groups excluding carboxylic acids is 3. The summed E-state index contributed by atoms with van der Waals surface area (Å²) in [5.41, 5.74) is 6.37. The first kappa shape index (κ1) is 22.6. The number of carbonyl (C=O) groups is 3. The van der Waals surface area contributed by atoms with Gasteiger partial charge in [-0.1, -0.05) is 30.3 Å². The zero-order chi connectivity index (χ0) is 23.2. The number of anilines is 1. The highest BCUT2D eigenvalue weighted by Crippen LogP contribution is 2.33. The molecule has 3 amide bonds. The van der Waals surface area contributed by atoms with Crippen molar-refractivity contribution in [2.45, 2.75) is 18.2 Å². The van der Waals surface area contributed by atoms with Crippen molar-refractivity contribution < 1.29 is 19.1 Å². The van der Waals surface area contributed by atoms with Crippen molar-refractivity contribution in [3.8, 4) is 5.75 Å². The van der Waals surface area contributed by atoms with E-state index in [4.69, 9.17) is 4.74 Å². The molecule has 0 unspecified atom stereocenters. The largest absolute Gasteiger partial charge is 0.492 e. The third kappa shape index (κ3) is 5.25. The van der Waals surface area contributed by atoms with Crippen LogP contribution >= 0.6 is 11.8 Å². The number of thioether (sulfide) groups is 1. The van der Waals surface area contributed by atoms with E-state index in [9.17, 15) is 14.4 Å². The molecule has 2 aromatic carbocycles. The molecule has 0 radical (unpaired) electrons. The Balaban J connectivity index is 1.30. The van der Waals surface area contributed by atoms with Crippen LogP contribution in [0.3, 0.4) is 0 Å². The fourth-order valence-corrected chi connectivity index (χ4v) is 4.52. The Hall–Kier alpha value is -3.59. The van der Waals surface area contributed by atoms with Crippen LogP contribution in [-0.2, 0) is 14.4 Å². The van der Waals surface area contributed by atoms with Crippen molar-refractivity contribution in [1.29, 1.82) is 0 Å². The first-order valence-corrected chi connectivity index (χ1v) is 11.6. The number of hydrogen-bond acceptors (Lipinski definition) is 6. The molecule has 0 spiro atoms. The van der Waals surface area contributed by atoms with Gasteiger partial charge in [-0.3, -0.25) is 30.2 Å². The highest BCUT2D eigenvalue weighted by atomic mass is 32.2. The standard InChI is InChI=1S/C24H24N4O4S/c1-2-32-19-10-4-3-9-18(19)28-14-17(13-22(28)30)24(31)27-26-21(29)15-33-20-11-5-7-16-8-6-12-25-23(16)20/h3-12,17H,2,13-15H2,1H3,(H,26,29)(H,27,31)/t17-/m0/s1. The monoisotopic (exact) mass is 464 g/mol. The molecule has 4 rings (SSSR count). The van der Waals surface area contributed by atoms with Gasteiger partial charge in [0, 0.05) is 29.4 Å². The Morgan fingerprint density at radius 2 is 1.94 bits per heavy atom. The molecule has 8 nitrogen and oxygen atoms in total. The molecule has 1 aliphatic heterocycles. The van der Waals surface area contributed by atoms with Gasteiger partial charge in [-0.2, -0.15) is 0 Å². The summed E-state index contributed by atoms with van der Waals surface area (Å²) in [5.74, 6) is -0.750. The second-order valence-corrected chi connectivity index (χ2v) is 8.48. The van der Waals surface area contributed by atoms with Crippen LogP contribution in [0.2, 0.25) is 0 Å². The third-order valence-corrected chi connectivity index (χ3v) is 6.28. The lowest BCUT2D eigenvalue weighted by molar-refractivity contribution is -0.130. The van der Waals surface area contributed by atoms with E-state index in [0.29, 0.717) is 18.0 Å². The molecule has 170 valence electrons. The number of aromatic nitrogens is 1. The molecule has 2 N–H and O–H groups in total. The minimum Gasteiger partial charge on any atom is -0.492 e.